The lowest BCUT2D eigenvalue weighted by molar-refractivity contribution is 0.440. The van der Waals surface area contributed by atoms with Crippen molar-refractivity contribution in [2.45, 2.75) is 25.4 Å². The van der Waals surface area contributed by atoms with Crippen molar-refractivity contribution in [2.75, 3.05) is 11.5 Å². The highest BCUT2D eigenvalue weighted by Crippen LogP contribution is 2.23. The van der Waals surface area contributed by atoms with Gasteiger partial charge in [-0.05, 0) is 24.6 Å². The van der Waals surface area contributed by atoms with Gasteiger partial charge in [0.25, 0.3) is 0 Å². The zero-order valence-electron chi connectivity index (χ0n) is 9.58. The number of benzene rings is 1. The maximum absolute atomic E-state index is 13.6. The topological polar surface area (TPSA) is 29.1 Å². The molecule has 5 heteroatoms. The molecule has 0 bridgehead atoms. The molecule has 1 aromatic carbocycles. The molecule has 0 radical (unpaired) electrons. The van der Waals surface area contributed by atoms with E-state index < -0.39 is 22.4 Å². The van der Waals surface area contributed by atoms with Crippen LogP contribution in [0.4, 0.5) is 8.78 Å². The Morgan fingerprint density at radius 3 is 2.88 bits per heavy atom. The van der Waals surface area contributed by atoms with Crippen LogP contribution in [0.3, 0.4) is 0 Å². The summed E-state index contributed by atoms with van der Waals surface area (Å²) < 4.78 is 38.4. The molecule has 0 aromatic heterocycles. The molecule has 94 valence electrons. The molecule has 0 aliphatic carbocycles. The molecule has 2 rings (SSSR count). The van der Waals surface area contributed by atoms with Crippen molar-refractivity contribution >= 4 is 10.8 Å². The third-order valence-electron chi connectivity index (χ3n) is 3.00. The normalized spacial score (nSPS) is 29.2. The summed E-state index contributed by atoms with van der Waals surface area (Å²) in [6, 6.07) is 3.14. The fraction of sp³-hybridized carbons (Fsp3) is 0.500. The fourth-order valence-corrected chi connectivity index (χ4v) is 3.62. The maximum Gasteiger partial charge on any atom is 0.128 e. The largest absolute Gasteiger partial charge is 0.305 e. The quantitative estimate of drug-likeness (QED) is 0.881. The van der Waals surface area contributed by atoms with E-state index in [0.29, 0.717) is 11.5 Å². The van der Waals surface area contributed by atoms with Gasteiger partial charge in [0.15, 0.2) is 0 Å². The second-order valence-electron chi connectivity index (χ2n) is 4.26. The Morgan fingerprint density at radius 1 is 1.41 bits per heavy atom. The molecule has 0 saturated carbocycles. The minimum absolute atomic E-state index is 0.109. The van der Waals surface area contributed by atoms with E-state index in [1.165, 1.54) is 6.07 Å². The predicted molar refractivity (Wildman–Crippen MR) is 64.2 cm³/mol. The second kappa shape index (κ2) is 5.23. The Morgan fingerprint density at radius 2 is 2.18 bits per heavy atom. The van der Waals surface area contributed by atoms with Crippen LogP contribution < -0.4 is 5.32 Å². The molecule has 1 aromatic rings. The van der Waals surface area contributed by atoms with Gasteiger partial charge in [-0.15, -0.1) is 0 Å². The van der Waals surface area contributed by atoms with Gasteiger partial charge in [-0.1, -0.05) is 6.92 Å². The van der Waals surface area contributed by atoms with Gasteiger partial charge in [-0.3, -0.25) is 4.21 Å². The summed E-state index contributed by atoms with van der Waals surface area (Å²) in [5, 5.41) is 3.22. The monoisotopic (exact) mass is 259 g/mol. The van der Waals surface area contributed by atoms with Gasteiger partial charge in [-0.2, -0.15) is 0 Å². The Labute approximate surface area is 102 Å². The van der Waals surface area contributed by atoms with E-state index in [2.05, 4.69) is 5.32 Å². The minimum Gasteiger partial charge on any atom is -0.305 e. The Hall–Kier alpha value is -0.810. The summed E-state index contributed by atoms with van der Waals surface area (Å²) in [5.41, 5.74) is 0.275. The second-order valence-corrected chi connectivity index (χ2v) is 5.81. The van der Waals surface area contributed by atoms with Gasteiger partial charge in [0.2, 0.25) is 0 Å². The number of nitrogens with one attached hydrogen (secondary N) is 1. The summed E-state index contributed by atoms with van der Waals surface area (Å²) in [7, 11) is -0.967. The van der Waals surface area contributed by atoms with Gasteiger partial charge in [-0.25, -0.2) is 8.78 Å². The van der Waals surface area contributed by atoms with Crippen molar-refractivity contribution in [3.05, 3.63) is 35.4 Å². The van der Waals surface area contributed by atoms with Crippen molar-refractivity contribution in [1.82, 2.24) is 5.32 Å². The van der Waals surface area contributed by atoms with Gasteiger partial charge in [0, 0.05) is 40.0 Å². The van der Waals surface area contributed by atoms with Gasteiger partial charge in [0.1, 0.15) is 11.6 Å². The average molecular weight is 259 g/mol. The van der Waals surface area contributed by atoms with Crippen LogP contribution in [0.2, 0.25) is 0 Å². The highest BCUT2D eigenvalue weighted by atomic mass is 32.2. The third kappa shape index (κ3) is 2.90. The van der Waals surface area contributed by atoms with Crippen LogP contribution in [0, 0.1) is 11.6 Å². The number of hydrogen-bond donors (Lipinski definition) is 1. The molecule has 17 heavy (non-hydrogen) atoms. The van der Waals surface area contributed by atoms with Crippen LogP contribution in [-0.2, 0) is 10.8 Å². The highest BCUT2D eigenvalue weighted by molar-refractivity contribution is 7.85. The zero-order chi connectivity index (χ0) is 12.4. The third-order valence-corrected chi connectivity index (χ3v) is 4.48. The number of halogens is 2. The standard InChI is InChI=1S/C12H15F2NOS/c1-2-9-6-17(16)7-12(15-9)10-5-8(13)3-4-11(10)14/h3-5,9,12,15H,2,6-7H2,1H3. The van der Waals surface area contributed by atoms with Crippen LogP contribution >= 0.6 is 0 Å². The molecule has 0 spiro atoms. The van der Waals surface area contributed by atoms with E-state index in [9.17, 15) is 13.0 Å². The van der Waals surface area contributed by atoms with Crippen LogP contribution in [0.15, 0.2) is 18.2 Å². The number of rotatable bonds is 2. The van der Waals surface area contributed by atoms with Crippen molar-refractivity contribution in [3.8, 4) is 0 Å². The molecule has 1 saturated heterocycles. The molecule has 1 aliphatic heterocycles. The van der Waals surface area contributed by atoms with Crippen LogP contribution in [0.25, 0.3) is 0 Å². The molecule has 1 fully saturated rings. The molecule has 3 unspecified atom stereocenters. The lowest BCUT2D eigenvalue weighted by Gasteiger charge is -2.30. The Kier molecular flexibility index (Phi) is 3.89. The van der Waals surface area contributed by atoms with E-state index in [-0.39, 0.29) is 17.6 Å². The van der Waals surface area contributed by atoms with Crippen LogP contribution in [0.5, 0.6) is 0 Å². The van der Waals surface area contributed by atoms with E-state index in [1.807, 2.05) is 6.92 Å². The van der Waals surface area contributed by atoms with Gasteiger partial charge < -0.3 is 5.32 Å². The molecular weight excluding hydrogens is 244 g/mol. The Balaban J connectivity index is 2.26. The summed E-state index contributed by atoms with van der Waals surface area (Å²) in [6.45, 7) is 1.99. The van der Waals surface area contributed by atoms with Crippen molar-refractivity contribution < 1.29 is 13.0 Å². The van der Waals surface area contributed by atoms with Crippen molar-refractivity contribution in [1.29, 1.82) is 0 Å². The van der Waals surface area contributed by atoms with Crippen molar-refractivity contribution in [2.24, 2.45) is 0 Å². The summed E-state index contributed by atoms with van der Waals surface area (Å²) in [5.74, 6) is 0.0196. The molecule has 1 aliphatic rings. The van der Waals surface area contributed by atoms with Crippen molar-refractivity contribution in [3.63, 3.8) is 0 Å². The summed E-state index contributed by atoms with van der Waals surface area (Å²) in [4.78, 5) is 0. The molecule has 1 heterocycles. The lowest BCUT2D eigenvalue weighted by atomic mass is 10.1. The van der Waals surface area contributed by atoms with E-state index in [0.717, 1.165) is 18.6 Å². The minimum atomic E-state index is -0.967. The first-order valence-electron chi connectivity index (χ1n) is 5.66. The first-order valence-corrected chi connectivity index (χ1v) is 7.15. The first kappa shape index (κ1) is 12.6. The summed E-state index contributed by atoms with van der Waals surface area (Å²) >= 11 is 0. The van der Waals surface area contributed by atoms with E-state index in [4.69, 9.17) is 0 Å². The molecule has 1 N–H and O–H groups in total. The SMILES string of the molecule is CCC1CS(=O)CC(c2cc(F)ccc2F)N1. The molecule has 0 amide bonds. The van der Waals surface area contributed by atoms with E-state index >= 15 is 0 Å². The zero-order valence-corrected chi connectivity index (χ0v) is 10.4. The molecule has 3 atom stereocenters. The lowest BCUT2D eigenvalue weighted by Crippen LogP contribution is -2.44. The van der Waals surface area contributed by atoms with Crippen LogP contribution in [-0.4, -0.2) is 21.8 Å². The molecular formula is C12H15F2NOS. The number of hydrogen-bond acceptors (Lipinski definition) is 2. The average Bonchev–Trinajstić information content (AvgIpc) is 2.31. The Bertz CT molecular complexity index is 439. The van der Waals surface area contributed by atoms with Crippen LogP contribution in [0.1, 0.15) is 24.9 Å². The molecule has 2 nitrogen and oxygen atoms in total. The first-order chi connectivity index (χ1) is 8.10. The predicted octanol–water partition coefficient (Wildman–Crippen LogP) is 2.14. The maximum atomic E-state index is 13.6. The van der Waals surface area contributed by atoms with Gasteiger partial charge >= 0.3 is 0 Å². The smallest absolute Gasteiger partial charge is 0.128 e. The highest BCUT2D eigenvalue weighted by Gasteiger charge is 2.27. The van der Waals surface area contributed by atoms with E-state index in [1.54, 1.807) is 0 Å². The van der Waals surface area contributed by atoms with Gasteiger partial charge in [0.05, 0.1) is 0 Å². The summed E-state index contributed by atoms with van der Waals surface area (Å²) in [6.07, 6.45) is 0.833. The fourth-order valence-electron chi connectivity index (χ4n) is 2.06.